The molecule has 18 heavy (non-hydrogen) atoms. The second-order valence-electron chi connectivity index (χ2n) is 4.28. The zero-order valence-corrected chi connectivity index (χ0v) is 9.42. The van der Waals surface area contributed by atoms with Crippen molar-refractivity contribution in [3.8, 4) is 0 Å². The van der Waals surface area contributed by atoms with Gasteiger partial charge < -0.3 is 5.11 Å². The normalized spacial score (nSPS) is 14.9. The van der Waals surface area contributed by atoms with Gasteiger partial charge in [0, 0.05) is 0 Å². The van der Waals surface area contributed by atoms with Gasteiger partial charge in [0.2, 0.25) is 0 Å². The van der Waals surface area contributed by atoms with E-state index in [0.717, 1.165) is 17.7 Å². The molecular formula is C13H11F3O2. The third kappa shape index (κ3) is 2.72. The van der Waals surface area contributed by atoms with Crippen LogP contribution >= 0.6 is 0 Å². The number of carbonyl (C=O) groups is 1. The highest BCUT2D eigenvalue weighted by atomic mass is 19.4. The fourth-order valence-electron chi connectivity index (χ4n) is 2.05. The smallest absolute Gasteiger partial charge is 0.416 e. The maximum atomic E-state index is 12.6. The number of alkyl halides is 3. The summed E-state index contributed by atoms with van der Waals surface area (Å²) in [5, 5.41) is 8.68. The molecule has 0 unspecified atom stereocenters. The van der Waals surface area contributed by atoms with Crippen LogP contribution in [-0.2, 0) is 17.4 Å². The van der Waals surface area contributed by atoms with Gasteiger partial charge in [-0.1, -0.05) is 17.7 Å². The van der Waals surface area contributed by atoms with Crippen molar-refractivity contribution >= 4 is 12.0 Å². The van der Waals surface area contributed by atoms with E-state index >= 15 is 0 Å². The van der Waals surface area contributed by atoms with Crippen LogP contribution in [0.25, 0.3) is 6.08 Å². The number of fused-ring (bicyclic) bond motifs is 1. The fourth-order valence-corrected chi connectivity index (χ4v) is 2.05. The van der Waals surface area contributed by atoms with Crippen LogP contribution in [0.2, 0.25) is 0 Å². The SMILES string of the molecule is O=C(O)CC1=Cc2cc(C(F)(F)F)ccc2CC1. The molecule has 2 nitrogen and oxygen atoms in total. The first-order valence-electron chi connectivity index (χ1n) is 5.47. The first-order valence-corrected chi connectivity index (χ1v) is 5.47. The molecule has 1 aliphatic rings. The molecule has 0 fully saturated rings. The van der Waals surface area contributed by atoms with Crippen LogP contribution in [0.1, 0.15) is 29.5 Å². The molecule has 0 bridgehead atoms. The molecule has 0 aliphatic heterocycles. The van der Waals surface area contributed by atoms with Crippen LogP contribution in [-0.4, -0.2) is 11.1 Å². The summed E-state index contributed by atoms with van der Waals surface area (Å²) in [5.74, 6) is -0.961. The van der Waals surface area contributed by atoms with Crippen LogP contribution < -0.4 is 0 Å². The predicted molar refractivity (Wildman–Crippen MR) is 60.0 cm³/mol. The Labute approximate surface area is 102 Å². The molecule has 0 saturated heterocycles. The number of hydrogen-bond donors (Lipinski definition) is 1. The van der Waals surface area contributed by atoms with Crippen molar-refractivity contribution in [2.24, 2.45) is 0 Å². The molecule has 1 aromatic rings. The maximum Gasteiger partial charge on any atom is 0.416 e. The molecule has 1 N–H and O–H groups in total. The van der Waals surface area contributed by atoms with Crippen molar-refractivity contribution in [2.75, 3.05) is 0 Å². The molecule has 1 aliphatic carbocycles. The monoisotopic (exact) mass is 256 g/mol. The molecule has 96 valence electrons. The van der Waals surface area contributed by atoms with E-state index in [2.05, 4.69) is 0 Å². The number of hydrogen-bond acceptors (Lipinski definition) is 1. The van der Waals surface area contributed by atoms with Crippen LogP contribution in [0.5, 0.6) is 0 Å². The summed E-state index contributed by atoms with van der Waals surface area (Å²) in [6.45, 7) is 0. The molecule has 0 saturated carbocycles. The Hall–Kier alpha value is -1.78. The number of halogens is 3. The lowest BCUT2D eigenvalue weighted by molar-refractivity contribution is -0.138. The van der Waals surface area contributed by atoms with E-state index in [1.807, 2.05) is 0 Å². The number of carboxylic acids is 1. The highest BCUT2D eigenvalue weighted by Gasteiger charge is 2.31. The van der Waals surface area contributed by atoms with Crippen molar-refractivity contribution in [3.63, 3.8) is 0 Å². The first kappa shape index (κ1) is 12.7. The summed E-state index contributed by atoms with van der Waals surface area (Å²) < 4.78 is 37.7. The fraction of sp³-hybridized carbons (Fsp3) is 0.308. The van der Waals surface area contributed by atoms with Crippen LogP contribution in [0.4, 0.5) is 13.2 Å². The van der Waals surface area contributed by atoms with Crippen LogP contribution in [0.3, 0.4) is 0 Å². The van der Waals surface area contributed by atoms with Gasteiger partial charge in [-0.05, 0) is 36.1 Å². The lowest BCUT2D eigenvalue weighted by Gasteiger charge is -2.17. The largest absolute Gasteiger partial charge is 0.481 e. The average Bonchev–Trinajstić information content (AvgIpc) is 2.26. The first-order chi connectivity index (χ1) is 8.36. The van der Waals surface area contributed by atoms with Gasteiger partial charge >= 0.3 is 12.1 Å². The molecule has 1 aromatic carbocycles. The average molecular weight is 256 g/mol. The van der Waals surface area contributed by atoms with Crippen molar-refractivity contribution in [3.05, 3.63) is 40.5 Å². The molecule has 0 atom stereocenters. The minimum Gasteiger partial charge on any atom is -0.481 e. The van der Waals surface area contributed by atoms with Gasteiger partial charge in [-0.15, -0.1) is 0 Å². The number of benzene rings is 1. The van der Waals surface area contributed by atoms with Crippen molar-refractivity contribution in [1.82, 2.24) is 0 Å². The third-order valence-corrected chi connectivity index (χ3v) is 2.93. The maximum absolute atomic E-state index is 12.6. The number of carboxylic acid groups (broad SMARTS) is 1. The minimum atomic E-state index is -4.37. The Bertz CT molecular complexity index is 515. The molecule has 0 amide bonds. The number of aliphatic carboxylic acids is 1. The zero-order chi connectivity index (χ0) is 13.3. The molecule has 0 spiro atoms. The Kier molecular flexibility index (Phi) is 3.15. The Morgan fingerprint density at radius 3 is 2.61 bits per heavy atom. The van der Waals surface area contributed by atoms with Crippen molar-refractivity contribution in [2.45, 2.75) is 25.4 Å². The quantitative estimate of drug-likeness (QED) is 0.879. The van der Waals surface area contributed by atoms with E-state index in [9.17, 15) is 18.0 Å². The Balaban J connectivity index is 2.35. The predicted octanol–water partition coefficient (Wildman–Crippen LogP) is 3.51. The van der Waals surface area contributed by atoms with Crippen LogP contribution in [0.15, 0.2) is 23.8 Å². The van der Waals surface area contributed by atoms with Gasteiger partial charge in [0.05, 0.1) is 12.0 Å². The van der Waals surface area contributed by atoms with Crippen molar-refractivity contribution in [1.29, 1.82) is 0 Å². The lowest BCUT2D eigenvalue weighted by Crippen LogP contribution is -2.08. The Morgan fingerprint density at radius 2 is 2.00 bits per heavy atom. The van der Waals surface area contributed by atoms with E-state index in [1.165, 1.54) is 6.07 Å². The summed E-state index contributed by atoms with van der Waals surface area (Å²) in [6, 6.07) is 3.61. The summed E-state index contributed by atoms with van der Waals surface area (Å²) in [4.78, 5) is 10.6. The van der Waals surface area contributed by atoms with Gasteiger partial charge in [-0.25, -0.2) is 0 Å². The highest BCUT2D eigenvalue weighted by molar-refractivity contribution is 5.74. The van der Waals surface area contributed by atoms with Crippen LogP contribution in [0, 0.1) is 0 Å². The van der Waals surface area contributed by atoms with Gasteiger partial charge in [-0.2, -0.15) is 13.2 Å². The summed E-state index contributed by atoms with van der Waals surface area (Å²) in [5.41, 5.74) is 1.27. The lowest BCUT2D eigenvalue weighted by atomic mass is 9.89. The molecule has 5 heteroatoms. The summed E-state index contributed by atoms with van der Waals surface area (Å²) >= 11 is 0. The molecular weight excluding hydrogens is 245 g/mol. The standard InChI is InChI=1S/C13H11F3O2/c14-13(15,16)11-4-3-9-2-1-8(6-12(17)18)5-10(9)7-11/h3-5,7H,1-2,6H2,(H,17,18). The zero-order valence-electron chi connectivity index (χ0n) is 9.42. The molecule has 2 rings (SSSR count). The van der Waals surface area contributed by atoms with E-state index in [0.29, 0.717) is 24.0 Å². The second kappa shape index (κ2) is 4.48. The highest BCUT2D eigenvalue weighted by Crippen LogP contribution is 2.33. The summed E-state index contributed by atoms with van der Waals surface area (Å²) in [6.07, 6.45) is -1.75. The van der Waals surface area contributed by atoms with Gasteiger partial charge in [0.25, 0.3) is 0 Å². The van der Waals surface area contributed by atoms with E-state index in [4.69, 9.17) is 5.11 Å². The third-order valence-electron chi connectivity index (χ3n) is 2.93. The van der Waals surface area contributed by atoms with E-state index < -0.39 is 17.7 Å². The second-order valence-corrected chi connectivity index (χ2v) is 4.28. The van der Waals surface area contributed by atoms with Crippen molar-refractivity contribution < 1.29 is 23.1 Å². The Morgan fingerprint density at radius 1 is 1.28 bits per heavy atom. The molecule has 0 radical (unpaired) electrons. The van der Waals surface area contributed by atoms with Gasteiger partial charge in [0.15, 0.2) is 0 Å². The minimum absolute atomic E-state index is 0.115. The molecule has 0 aromatic heterocycles. The number of aryl methyl sites for hydroxylation is 1. The van der Waals surface area contributed by atoms with E-state index in [-0.39, 0.29) is 6.42 Å². The number of rotatable bonds is 2. The topological polar surface area (TPSA) is 37.3 Å². The van der Waals surface area contributed by atoms with Gasteiger partial charge in [-0.3, -0.25) is 4.79 Å². The van der Waals surface area contributed by atoms with Gasteiger partial charge in [0.1, 0.15) is 0 Å². The summed E-state index contributed by atoms with van der Waals surface area (Å²) in [7, 11) is 0. The van der Waals surface area contributed by atoms with E-state index in [1.54, 1.807) is 6.08 Å². The molecule has 0 heterocycles.